The van der Waals surface area contributed by atoms with Crippen LogP contribution in [0.15, 0.2) is 12.2 Å². The van der Waals surface area contributed by atoms with Gasteiger partial charge in [0.15, 0.2) is 0 Å². The molecule has 0 aromatic heterocycles. The Morgan fingerprint density at radius 3 is 2.04 bits per heavy atom. The van der Waals surface area contributed by atoms with Gasteiger partial charge in [-0.25, -0.2) is 0 Å². The zero-order chi connectivity index (χ0) is 18.8. The molecule has 0 bridgehead atoms. The van der Waals surface area contributed by atoms with Gasteiger partial charge in [-0.15, -0.1) is 0 Å². The number of aliphatic hydroxyl groups excluding tert-OH is 1. The minimum Gasteiger partial charge on any atom is -0.463 e. The molecule has 0 spiro atoms. The Hall–Kier alpha value is -0.910. The summed E-state index contributed by atoms with van der Waals surface area (Å²) in [6.07, 6.45) is 18.4. The molecule has 0 rings (SSSR count). The van der Waals surface area contributed by atoms with Crippen molar-refractivity contribution < 1.29 is 14.6 Å². The largest absolute Gasteiger partial charge is 0.463 e. The summed E-state index contributed by atoms with van der Waals surface area (Å²) in [5.41, 5.74) is 10.9. The van der Waals surface area contributed by atoms with Gasteiger partial charge in [0.1, 0.15) is 6.61 Å². The first-order valence-electron chi connectivity index (χ1n) is 10.1. The standard InChI is InChI=1S/C20H40N2O3/c1-2-3-4-5-6-7-8-9-10-11-12-13-14-15-19(23)18(22)17-25-20(24)16-21/h14-15,18-19,23H,2-13,16-17,21-22H2,1H3. The van der Waals surface area contributed by atoms with Gasteiger partial charge in [0.05, 0.1) is 18.7 Å². The molecule has 5 heteroatoms. The van der Waals surface area contributed by atoms with E-state index in [1.54, 1.807) is 6.08 Å². The first-order chi connectivity index (χ1) is 12.1. The summed E-state index contributed by atoms with van der Waals surface area (Å²) in [6.45, 7) is 2.07. The number of unbranched alkanes of at least 4 members (excludes halogenated alkanes) is 11. The highest BCUT2D eigenvalue weighted by Crippen LogP contribution is 2.12. The molecule has 0 aliphatic carbocycles. The molecule has 0 aromatic carbocycles. The van der Waals surface area contributed by atoms with E-state index >= 15 is 0 Å². The average molecular weight is 357 g/mol. The second kappa shape index (κ2) is 17.9. The van der Waals surface area contributed by atoms with Crippen LogP contribution in [-0.4, -0.2) is 36.4 Å². The van der Waals surface area contributed by atoms with E-state index in [2.05, 4.69) is 6.92 Å². The molecular formula is C20H40N2O3. The normalized spacial score (nSPS) is 13.9. The molecule has 25 heavy (non-hydrogen) atoms. The first kappa shape index (κ1) is 24.1. The third-order valence-electron chi connectivity index (χ3n) is 4.35. The molecule has 148 valence electrons. The molecule has 0 aromatic rings. The molecule has 0 aliphatic heterocycles. The summed E-state index contributed by atoms with van der Waals surface area (Å²) < 4.78 is 4.81. The predicted octanol–water partition coefficient (Wildman–Crippen LogP) is 3.43. The summed E-state index contributed by atoms with van der Waals surface area (Å²) in [5.74, 6) is -0.507. The molecule has 0 saturated heterocycles. The van der Waals surface area contributed by atoms with Crippen LogP contribution in [0.5, 0.6) is 0 Å². The number of carbonyl (C=O) groups is 1. The van der Waals surface area contributed by atoms with Crippen LogP contribution in [0.2, 0.25) is 0 Å². The van der Waals surface area contributed by atoms with E-state index in [0.29, 0.717) is 0 Å². The zero-order valence-electron chi connectivity index (χ0n) is 16.1. The van der Waals surface area contributed by atoms with Gasteiger partial charge in [0, 0.05) is 0 Å². The molecule has 5 nitrogen and oxygen atoms in total. The lowest BCUT2D eigenvalue weighted by atomic mass is 10.0. The van der Waals surface area contributed by atoms with Crippen molar-refractivity contribution in [1.29, 1.82) is 0 Å². The summed E-state index contributed by atoms with van der Waals surface area (Å²) in [4.78, 5) is 10.9. The second-order valence-electron chi connectivity index (χ2n) is 6.79. The van der Waals surface area contributed by atoms with Crippen LogP contribution in [0.3, 0.4) is 0 Å². The van der Waals surface area contributed by atoms with Gasteiger partial charge in [-0.2, -0.15) is 0 Å². The van der Waals surface area contributed by atoms with Crippen LogP contribution in [0, 0.1) is 0 Å². The number of nitrogens with two attached hydrogens (primary N) is 2. The fourth-order valence-electron chi connectivity index (χ4n) is 2.65. The van der Waals surface area contributed by atoms with Gasteiger partial charge < -0.3 is 21.3 Å². The lowest BCUT2D eigenvalue weighted by molar-refractivity contribution is -0.142. The lowest BCUT2D eigenvalue weighted by Crippen LogP contribution is -2.39. The van der Waals surface area contributed by atoms with Crippen LogP contribution in [0.1, 0.15) is 84.0 Å². The summed E-state index contributed by atoms with van der Waals surface area (Å²) in [7, 11) is 0. The van der Waals surface area contributed by atoms with Gasteiger partial charge in [-0.1, -0.05) is 83.3 Å². The molecule has 0 heterocycles. The van der Waals surface area contributed by atoms with Crippen LogP contribution in [0.25, 0.3) is 0 Å². The van der Waals surface area contributed by atoms with Crippen LogP contribution in [0.4, 0.5) is 0 Å². The van der Waals surface area contributed by atoms with Gasteiger partial charge in [0.25, 0.3) is 0 Å². The Labute approximate surface area is 154 Å². The summed E-state index contributed by atoms with van der Waals surface area (Å²) >= 11 is 0. The number of carbonyl (C=O) groups excluding carboxylic acids is 1. The number of hydrogen-bond donors (Lipinski definition) is 3. The number of allylic oxidation sites excluding steroid dienone is 1. The van der Waals surface area contributed by atoms with E-state index in [1.165, 1.54) is 64.2 Å². The van der Waals surface area contributed by atoms with Crippen LogP contribution in [-0.2, 0) is 9.53 Å². The van der Waals surface area contributed by atoms with E-state index in [-0.39, 0.29) is 13.2 Å². The molecule has 2 unspecified atom stereocenters. The van der Waals surface area contributed by atoms with Crippen molar-refractivity contribution in [2.75, 3.05) is 13.2 Å². The summed E-state index contributed by atoms with van der Waals surface area (Å²) in [5, 5.41) is 9.85. The van der Waals surface area contributed by atoms with Gasteiger partial charge in [-0.05, 0) is 12.8 Å². The number of aliphatic hydroxyl groups is 1. The molecule has 2 atom stereocenters. The minimum absolute atomic E-state index is 0.0139. The quantitative estimate of drug-likeness (QED) is 0.211. The number of hydrogen-bond acceptors (Lipinski definition) is 5. The topological polar surface area (TPSA) is 98.6 Å². The van der Waals surface area contributed by atoms with E-state index in [9.17, 15) is 9.90 Å². The molecule has 5 N–H and O–H groups in total. The Balaban J connectivity index is 3.43. The Bertz CT molecular complexity index is 335. The third-order valence-corrected chi connectivity index (χ3v) is 4.35. The number of ether oxygens (including phenoxy) is 1. The third kappa shape index (κ3) is 16.3. The second-order valence-corrected chi connectivity index (χ2v) is 6.79. The highest BCUT2D eigenvalue weighted by molar-refractivity contribution is 5.71. The molecule has 0 amide bonds. The SMILES string of the molecule is CCCCCCCCCCCCCC=CC(O)C(N)COC(=O)CN. The van der Waals surface area contributed by atoms with Crippen LogP contribution < -0.4 is 11.5 Å². The molecular weight excluding hydrogens is 316 g/mol. The highest BCUT2D eigenvalue weighted by atomic mass is 16.5. The number of esters is 1. The van der Waals surface area contributed by atoms with E-state index in [4.69, 9.17) is 16.2 Å². The van der Waals surface area contributed by atoms with Crippen molar-refractivity contribution in [1.82, 2.24) is 0 Å². The van der Waals surface area contributed by atoms with E-state index < -0.39 is 18.1 Å². The average Bonchev–Trinajstić information content (AvgIpc) is 2.62. The Morgan fingerprint density at radius 2 is 1.52 bits per heavy atom. The van der Waals surface area contributed by atoms with Gasteiger partial charge in [0.2, 0.25) is 0 Å². The Morgan fingerprint density at radius 1 is 1.00 bits per heavy atom. The smallest absolute Gasteiger partial charge is 0.319 e. The van der Waals surface area contributed by atoms with Gasteiger partial charge >= 0.3 is 5.97 Å². The molecule has 0 fully saturated rings. The van der Waals surface area contributed by atoms with Crippen molar-refractivity contribution in [3.05, 3.63) is 12.2 Å². The lowest BCUT2D eigenvalue weighted by Gasteiger charge is -2.15. The van der Waals surface area contributed by atoms with E-state index in [0.717, 1.165) is 12.8 Å². The van der Waals surface area contributed by atoms with Crippen molar-refractivity contribution in [3.8, 4) is 0 Å². The highest BCUT2D eigenvalue weighted by Gasteiger charge is 2.13. The maximum Gasteiger partial charge on any atom is 0.319 e. The van der Waals surface area contributed by atoms with Crippen molar-refractivity contribution in [3.63, 3.8) is 0 Å². The monoisotopic (exact) mass is 356 g/mol. The maximum absolute atomic E-state index is 10.9. The van der Waals surface area contributed by atoms with Crippen molar-refractivity contribution >= 4 is 5.97 Å². The van der Waals surface area contributed by atoms with E-state index in [1.807, 2.05) is 6.08 Å². The predicted molar refractivity (Wildman–Crippen MR) is 104 cm³/mol. The maximum atomic E-state index is 10.9. The van der Waals surface area contributed by atoms with Crippen molar-refractivity contribution in [2.24, 2.45) is 11.5 Å². The fourth-order valence-corrected chi connectivity index (χ4v) is 2.65. The van der Waals surface area contributed by atoms with Gasteiger partial charge in [-0.3, -0.25) is 4.79 Å². The Kier molecular flexibility index (Phi) is 17.2. The van der Waals surface area contributed by atoms with Crippen LogP contribution >= 0.6 is 0 Å². The molecule has 0 aliphatic rings. The molecule has 0 radical (unpaired) electrons. The zero-order valence-corrected chi connectivity index (χ0v) is 16.1. The first-order valence-corrected chi connectivity index (χ1v) is 10.1. The fraction of sp³-hybridized carbons (Fsp3) is 0.850. The molecule has 0 saturated carbocycles. The van der Waals surface area contributed by atoms with Crippen molar-refractivity contribution in [2.45, 2.75) is 96.1 Å². The summed E-state index contributed by atoms with van der Waals surface area (Å²) in [6, 6.07) is -0.607. The number of rotatable bonds is 17. The minimum atomic E-state index is -0.793.